The molecule has 3 aromatic rings. The molecule has 38 heavy (non-hydrogen) atoms. The number of carbonyl (C=O) groups is 2. The van der Waals surface area contributed by atoms with Crippen LogP contribution in [0.25, 0.3) is 10.9 Å². The Hall–Kier alpha value is -2.47. The highest BCUT2D eigenvalue weighted by molar-refractivity contribution is 6.30. The lowest BCUT2D eigenvalue weighted by atomic mass is 9.58. The standard InChI is InChI=1S/C32H38ClNO4/c1-31(2)13-24(35)29(25(36)14-31)28(30-26(37)15-32(3,4)16-27(30)38)22-18-34(23-8-6-5-7-21(22)23)17-19-9-11-20(33)12-10-19/h5-12,18,24,26,28-30,35,37H,13-17H2,1-4H3/t24-,26-,28?,29-,30+/m1/s1. The minimum absolute atomic E-state index is 0.0295. The van der Waals surface area contributed by atoms with Gasteiger partial charge in [-0.1, -0.05) is 69.6 Å². The number of Topliss-reactive ketones (excluding diaryl/α,β-unsaturated/α-hetero) is 2. The SMILES string of the molecule is CC1(C)CC(=O)[C@H](C(c2cn(Cc3ccc(Cl)cc3)c3ccccc23)[C@@H]2C(=O)CC(C)(C)C[C@H]2O)[C@H](O)C1. The molecule has 0 radical (unpaired) electrons. The Bertz CT molecular complexity index is 1310. The molecule has 0 aliphatic heterocycles. The fourth-order valence-corrected chi connectivity index (χ4v) is 7.21. The average molecular weight is 536 g/mol. The zero-order chi connectivity index (χ0) is 27.4. The van der Waals surface area contributed by atoms with Crippen molar-refractivity contribution in [2.24, 2.45) is 22.7 Å². The van der Waals surface area contributed by atoms with E-state index in [1.54, 1.807) is 0 Å². The maximum absolute atomic E-state index is 13.7. The monoisotopic (exact) mass is 535 g/mol. The minimum Gasteiger partial charge on any atom is -0.392 e. The molecule has 6 heteroatoms. The molecule has 5 nitrogen and oxygen atoms in total. The Kier molecular flexibility index (Phi) is 7.08. The van der Waals surface area contributed by atoms with Gasteiger partial charge in [0.25, 0.3) is 0 Å². The van der Waals surface area contributed by atoms with Crippen LogP contribution < -0.4 is 0 Å². The van der Waals surface area contributed by atoms with Crippen LogP contribution in [0.4, 0.5) is 0 Å². The van der Waals surface area contributed by atoms with Gasteiger partial charge in [-0.05, 0) is 53.0 Å². The molecule has 202 valence electrons. The number of aliphatic hydroxyl groups excluding tert-OH is 2. The van der Waals surface area contributed by atoms with Crippen molar-refractivity contribution in [1.29, 1.82) is 0 Å². The van der Waals surface area contributed by atoms with Crippen molar-refractivity contribution in [2.75, 3.05) is 0 Å². The van der Waals surface area contributed by atoms with E-state index in [9.17, 15) is 19.8 Å². The Morgan fingerprint density at radius 2 is 1.39 bits per heavy atom. The molecule has 2 aliphatic rings. The molecule has 5 atom stereocenters. The molecule has 2 fully saturated rings. The smallest absolute Gasteiger partial charge is 0.139 e. The highest BCUT2D eigenvalue weighted by Gasteiger charge is 2.52. The second kappa shape index (κ2) is 9.93. The van der Waals surface area contributed by atoms with E-state index < -0.39 is 30.0 Å². The van der Waals surface area contributed by atoms with Gasteiger partial charge in [0.1, 0.15) is 11.6 Å². The fourth-order valence-electron chi connectivity index (χ4n) is 7.09. The van der Waals surface area contributed by atoms with Gasteiger partial charge < -0.3 is 14.8 Å². The van der Waals surface area contributed by atoms with Gasteiger partial charge >= 0.3 is 0 Å². The Labute approximate surface area is 229 Å². The number of halogens is 1. The summed E-state index contributed by atoms with van der Waals surface area (Å²) in [6, 6.07) is 15.7. The van der Waals surface area contributed by atoms with Gasteiger partial charge in [0.2, 0.25) is 0 Å². The summed E-state index contributed by atoms with van der Waals surface area (Å²) in [5.41, 5.74) is 2.29. The molecule has 2 aromatic carbocycles. The summed E-state index contributed by atoms with van der Waals surface area (Å²) in [5, 5.41) is 24.5. The molecule has 0 spiro atoms. The topological polar surface area (TPSA) is 79.5 Å². The van der Waals surface area contributed by atoms with Crippen molar-refractivity contribution in [1.82, 2.24) is 4.57 Å². The number of ketones is 2. The van der Waals surface area contributed by atoms with Crippen molar-refractivity contribution in [2.45, 2.75) is 78.0 Å². The lowest BCUT2D eigenvalue weighted by Crippen LogP contribution is -2.51. The molecule has 0 saturated heterocycles. The number of aliphatic hydroxyl groups is 2. The third-order valence-corrected chi connectivity index (χ3v) is 8.87. The van der Waals surface area contributed by atoms with E-state index in [-0.39, 0.29) is 22.4 Å². The highest BCUT2D eigenvalue weighted by atomic mass is 35.5. The molecular weight excluding hydrogens is 498 g/mol. The van der Waals surface area contributed by atoms with E-state index in [0.29, 0.717) is 37.3 Å². The van der Waals surface area contributed by atoms with Crippen molar-refractivity contribution < 1.29 is 19.8 Å². The zero-order valence-corrected chi connectivity index (χ0v) is 23.4. The van der Waals surface area contributed by atoms with Gasteiger partial charge in [-0.15, -0.1) is 0 Å². The second-order valence-electron chi connectivity index (χ2n) is 13.1. The lowest BCUT2D eigenvalue weighted by molar-refractivity contribution is -0.144. The van der Waals surface area contributed by atoms with Crippen molar-refractivity contribution >= 4 is 34.1 Å². The summed E-state index contributed by atoms with van der Waals surface area (Å²) in [6.45, 7) is 8.59. The van der Waals surface area contributed by atoms with Gasteiger partial charge in [0, 0.05) is 47.4 Å². The molecule has 1 aromatic heterocycles. The van der Waals surface area contributed by atoms with Crippen LogP contribution in [0.1, 0.15) is 70.4 Å². The fraction of sp³-hybridized carbons (Fsp3) is 0.500. The number of carbonyl (C=O) groups excluding carboxylic acids is 2. The molecule has 2 aliphatic carbocycles. The van der Waals surface area contributed by atoms with E-state index in [1.807, 2.05) is 82.4 Å². The summed E-state index contributed by atoms with van der Waals surface area (Å²) in [4.78, 5) is 27.4. The van der Waals surface area contributed by atoms with Crippen molar-refractivity contribution in [3.8, 4) is 0 Å². The minimum atomic E-state index is -0.885. The number of aromatic nitrogens is 1. The number of nitrogens with zero attached hydrogens (tertiary/aromatic N) is 1. The maximum Gasteiger partial charge on any atom is 0.139 e. The molecule has 0 amide bonds. The predicted molar refractivity (Wildman–Crippen MR) is 150 cm³/mol. The Balaban J connectivity index is 1.66. The summed E-state index contributed by atoms with van der Waals surface area (Å²) in [7, 11) is 0. The first-order chi connectivity index (χ1) is 17.8. The number of rotatable bonds is 5. The largest absolute Gasteiger partial charge is 0.392 e. The lowest BCUT2D eigenvalue weighted by Gasteiger charge is -2.46. The van der Waals surface area contributed by atoms with E-state index in [4.69, 9.17) is 11.6 Å². The Morgan fingerprint density at radius 1 is 0.868 bits per heavy atom. The number of fused-ring (bicyclic) bond motifs is 1. The molecule has 5 rings (SSSR count). The van der Waals surface area contributed by atoms with Gasteiger partial charge in [-0.2, -0.15) is 0 Å². The predicted octanol–water partition coefficient (Wildman–Crippen LogP) is 6.16. The molecule has 0 bridgehead atoms. The van der Waals surface area contributed by atoms with Crippen molar-refractivity contribution in [3.05, 3.63) is 70.9 Å². The first-order valence-electron chi connectivity index (χ1n) is 13.6. The average Bonchev–Trinajstić information content (AvgIpc) is 3.15. The first-order valence-corrected chi connectivity index (χ1v) is 14.0. The van der Waals surface area contributed by atoms with E-state index in [0.717, 1.165) is 22.0 Å². The van der Waals surface area contributed by atoms with E-state index in [1.165, 1.54) is 0 Å². The number of para-hydroxylation sites is 1. The summed E-state index contributed by atoms with van der Waals surface area (Å²) < 4.78 is 2.13. The van der Waals surface area contributed by atoms with Gasteiger partial charge in [0.05, 0.1) is 24.0 Å². The van der Waals surface area contributed by atoms with Crippen LogP contribution in [0.5, 0.6) is 0 Å². The van der Waals surface area contributed by atoms with Gasteiger partial charge in [0.15, 0.2) is 0 Å². The van der Waals surface area contributed by atoms with Gasteiger partial charge in [-0.3, -0.25) is 9.59 Å². The van der Waals surface area contributed by atoms with Crippen LogP contribution in [-0.4, -0.2) is 38.6 Å². The number of benzene rings is 2. The third-order valence-electron chi connectivity index (χ3n) is 8.62. The normalized spacial score (nSPS) is 28.0. The van der Waals surface area contributed by atoms with Crippen molar-refractivity contribution in [3.63, 3.8) is 0 Å². The van der Waals surface area contributed by atoms with Gasteiger partial charge in [-0.25, -0.2) is 0 Å². The highest BCUT2D eigenvalue weighted by Crippen LogP contribution is 2.51. The quantitative estimate of drug-likeness (QED) is 0.410. The van der Waals surface area contributed by atoms with Crippen LogP contribution in [0.15, 0.2) is 54.7 Å². The van der Waals surface area contributed by atoms with Crippen LogP contribution in [0.2, 0.25) is 5.02 Å². The number of hydrogen-bond donors (Lipinski definition) is 2. The molecule has 2 N–H and O–H groups in total. The second-order valence-corrected chi connectivity index (χ2v) is 13.5. The van der Waals surface area contributed by atoms with Crippen LogP contribution >= 0.6 is 11.6 Å². The molecule has 1 unspecified atom stereocenters. The first kappa shape index (κ1) is 27.1. The molecule has 1 heterocycles. The molecular formula is C32H38ClNO4. The summed E-state index contributed by atoms with van der Waals surface area (Å²) >= 11 is 6.10. The Morgan fingerprint density at radius 3 is 1.92 bits per heavy atom. The maximum atomic E-state index is 13.7. The summed E-state index contributed by atoms with van der Waals surface area (Å²) in [6.07, 6.45) is 1.91. The summed E-state index contributed by atoms with van der Waals surface area (Å²) in [5.74, 6) is -2.16. The number of hydrogen-bond acceptors (Lipinski definition) is 4. The van der Waals surface area contributed by atoms with Crippen LogP contribution in [0, 0.1) is 22.7 Å². The molecule has 2 saturated carbocycles. The van der Waals surface area contributed by atoms with Crippen LogP contribution in [-0.2, 0) is 16.1 Å². The third kappa shape index (κ3) is 5.21. The zero-order valence-electron chi connectivity index (χ0n) is 22.7. The van der Waals surface area contributed by atoms with E-state index in [2.05, 4.69) is 4.57 Å². The van der Waals surface area contributed by atoms with Crippen LogP contribution in [0.3, 0.4) is 0 Å². The van der Waals surface area contributed by atoms with E-state index >= 15 is 0 Å².